The van der Waals surface area contributed by atoms with Gasteiger partial charge in [-0.15, -0.1) is 11.3 Å². The molecule has 0 radical (unpaired) electrons. The van der Waals surface area contributed by atoms with Gasteiger partial charge in [-0.05, 0) is 45.9 Å². The molecule has 1 aliphatic rings. The lowest BCUT2D eigenvalue weighted by Crippen LogP contribution is -2.04. The van der Waals surface area contributed by atoms with E-state index in [1.54, 1.807) is 11.3 Å². The lowest BCUT2D eigenvalue weighted by atomic mass is 10.2. The Morgan fingerprint density at radius 2 is 2.10 bits per heavy atom. The summed E-state index contributed by atoms with van der Waals surface area (Å²) in [4.78, 5) is 1.23. The van der Waals surface area contributed by atoms with E-state index in [1.165, 1.54) is 10.4 Å². The second-order valence-corrected chi connectivity index (χ2v) is 6.50. The summed E-state index contributed by atoms with van der Waals surface area (Å²) in [5.41, 5.74) is 3.50. The first-order valence-electron chi connectivity index (χ1n) is 6.49. The lowest BCUT2D eigenvalue weighted by molar-refractivity contribution is 0.879. The first kappa shape index (κ1) is 12.2. The standard InChI is InChI=1S/C15H12BrN3S/c16-11-4-1-2-5-12(11)19-15-10(7-8-17-15)14(18-19)13-6-3-9-20-13/h1-6,9,17H,7-8H2. The lowest BCUT2D eigenvalue weighted by Gasteiger charge is -2.08. The molecule has 0 spiro atoms. The molecule has 1 aliphatic heterocycles. The van der Waals surface area contributed by atoms with Crippen LogP contribution in [0.1, 0.15) is 5.56 Å². The van der Waals surface area contributed by atoms with Crippen LogP contribution in [0.3, 0.4) is 0 Å². The fraction of sp³-hybridized carbons (Fsp3) is 0.133. The van der Waals surface area contributed by atoms with Crippen LogP contribution >= 0.6 is 27.3 Å². The van der Waals surface area contributed by atoms with Crippen LogP contribution in [-0.4, -0.2) is 16.3 Å². The molecular weight excluding hydrogens is 334 g/mol. The molecule has 0 bridgehead atoms. The van der Waals surface area contributed by atoms with E-state index < -0.39 is 0 Å². The van der Waals surface area contributed by atoms with Crippen molar-refractivity contribution in [2.24, 2.45) is 0 Å². The van der Waals surface area contributed by atoms with Gasteiger partial charge in [0.2, 0.25) is 0 Å². The molecule has 0 fully saturated rings. The number of rotatable bonds is 2. The van der Waals surface area contributed by atoms with E-state index in [-0.39, 0.29) is 0 Å². The van der Waals surface area contributed by atoms with Crippen LogP contribution in [0.2, 0.25) is 0 Å². The van der Waals surface area contributed by atoms with Gasteiger partial charge in [0.25, 0.3) is 0 Å². The summed E-state index contributed by atoms with van der Waals surface area (Å²) in [7, 11) is 0. The number of para-hydroxylation sites is 1. The van der Waals surface area contributed by atoms with E-state index in [1.807, 2.05) is 22.9 Å². The number of nitrogens with zero attached hydrogens (tertiary/aromatic N) is 2. The predicted molar refractivity (Wildman–Crippen MR) is 86.8 cm³/mol. The fourth-order valence-electron chi connectivity index (χ4n) is 2.58. The highest BCUT2D eigenvalue weighted by Gasteiger charge is 2.24. The van der Waals surface area contributed by atoms with Gasteiger partial charge < -0.3 is 5.32 Å². The third-order valence-electron chi connectivity index (χ3n) is 3.49. The number of aromatic nitrogens is 2. The van der Waals surface area contributed by atoms with E-state index in [0.29, 0.717) is 0 Å². The molecule has 0 saturated heterocycles. The molecule has 4 rings (SSSR count). The molecule has 2 aromatic heterocycles. The number of nitrogens with one attached hydrogen (secondary N) is 1. The summed E-state index contributed by atoms with van der Waals surface area (Å²) < 4.78 is 3.07. The third-order valence-corrected chi connectivity index (χ3v) is 5.03. The molecule has 5 heteroatoms. The quantitative estimate of drug-likeness (QED) is 0.748. The van der Waals surface area contributed by atoms with Gasteiger partial charge in [0.15, 0.2) is 0 Å². The van der Waals surface area contributed by atoms with Gasteiger partial charge in [0.05, 0.1) is 10.6 Å². The molecule has 3 aromatic rings. The number of thiophene rings is 1. The van der Waals surface area contributed by atoms with Crippen molar-refractivity contribution < 1.29 is 0 Å². The minimum Gasteiger partial charge on any atom is -0.369 e. The van der Waals surface area contributed by atoms with Crippen LogP contribution in [0, 0.1) is 0 Å². The summed E-state index contributed by atoms with van der Waals surface area (Å²) in [6, 6.07) is 12.4. The number of hydrogen-bond donors (Lipinski definition) is 1. The molecule has 0 aliphatic carbocycles. The monoisotopic (exact) mass is 345 g/mol. The van der Waals surface area contributed by atoms with Crippen molar-refractivity contribution in [3.63, 3.8) is 0 Å². The Labute approximate surface area is 129 Å². The molecule has 1 aromatic carbocycles. The maximum absolute atomic E-state index is 4.84. The molecule has 3 heterocycles. The Bertz CT molecular complexity index is 762. The van der Waals surface area contributed by atoms with Crippen LogP contribution in [0.5, 0.6) is 0 Å². The topological polar surface area (TPSA) is 29.9 Å². The highest BCUT2D eigenvalue weighted by Crippen LogP contribution is 2.37. The van der Waals surface area contributed by atoms with Crippen molar-refractivity contribution in [1.29, 1.82) is 0 Å². The summed E-state index contributed by atoms with van der Waals surface area (Å²) in [6.45, 7) is 0.982. The van der Waals surface area contributed by atoms with Crippen LogP contribution in [0.4, 0.5) is 5.82 Å². The van der Waals surface area contributed by atoms with E-state index in [4.69, 9.17) is 5.10 Å². The summed E-state index contributed by atoms with van der Waals surface area (Å²) in [5.74, 6) is 1.13. The highest BCUT2D eigenvalue weighted by molar-refractivity contribution is 9.10. The first-order chi connectivity index (χ1) is 9.84. The molecule has 0 amide bonds. The van der Waals surface area contributed by atoms with Gasteiger partial charge in [-0.25, -0.2) is 4.68 Å². The van der Waals surface area contributed by atoms with Crippen LogP contribution in [0.15, 0.2) is 46.3 Å². The van der Waals surface area contributed by atoms with E-state index >= 15 is 0 Å². The Kier molecular flexibility index (Phi) is 2.89. The number of hydrogen-bond acceptors (Lipinski definition) is 3. The summed E-state index contributed by atoms with van der Waals surface area (Å²) in [5, 5.41) is 10.4. The number of anilines is 1. The van der Waals surface area contributed by atoms with Crippen LogP contribution < -0.4 is 5.32 Å². The van der Waals surface area contributed by atoms with Gasteiger partial charge >= 0.3 is 0 Å². The van der Waals surface area contributed by atoms with Gasteiger partial charge in [-0.1, -0.05) is 18.2 Å². The molecule has 3 nitrogen and oxygen atoms in total. The van der Waals surface area contributed by atoms with E-state index in [0.717, 1.165) is 34.6 Å². The van der Waals surface area contributed by atoms with E-state index in [9.17, 15) is 0 Å². The largest absolute Gasteiger partial charge is 0.369 e. The zero-order valence-electron chi connectivity index (χ0n) is 10.6. The highest BCUT2D eigenvalue weighted by atomic mass is 79.9. The van der Waals surface area contributed by atoms with Crippen molar-refractivity contribution in [2.45, 2.75) is 6.42 Å². The molecule has 100 valence electrons. The number of benzene rings is 1. The third kappa shape index (κ3) is 1.81. The smallest absolute Gasteiger partial charge is 0.133 e. The number of halogens is 1. The van der Waals surface area contributed by atoms with Gasteiger partial charge in [-0.2, -0.15) is 5.10 Å². The molecular formula is C15H12BrN3S. The average Bonchev–Trinajstić information content (AvgIpc) is 3.16. The SMILES string of the molecule is Brc1ccccc1-n1nc(-c2cccs2)c2c1NCC2. The molecule has 20 heavy (non-hydrogen) atoms. The Balaban J connectivity index is 1.94. The second-order valence-electron chi connectivity index (χ2n) is 4.69. The van der Waals surface area contributed by atoms with Crippen molar-refractivity contribution >= 4 is 33.1 Å². The van der Waals surface area contributed by atoms with Crippen LogP contribution in [0.25, 0.3) is 16.3 Å². The van der Waals surface area contributed by atoms with Gasteiger partial charge in [0.1, 0.15) is 11.5 Å². The van der Waals surface area contributed by atoms with E-state index in [2.05, 4.69) is 44.8 Å². The van der Waals surface area contributed by atoms with Gasteiger partial charge in [-0.3, -0.25) is 0 Å². The minimum atomic E-state index is 0.982. The summed E-state index contributed by atoms with van der Waals surface area (Å²) in [6.07, 6.45) is 1.03. The Hall–Kier alpha value is -1.59. The second kappa shape index (κ2) is 4.75. The zero-order valence-corrected chi connectivity index (χ0v) is 13.0. The first-order valence-corrected chi connectivity index (χ1v) is 8.16. The Morgan fingerprint density at radius 3 is 2.90 bits per heavy atom. The maximum atomic E-state index is 4.84. The predicted octanol–water partition coefficient (Wildman–Crippen LogP) is 4.33. The van der Waals surface area contributed by atoms with Crippen molar-refractivity contribution in [3.8, 4) is 16.3 Å². The zero-order chi connectivity index (χ0) is 13.5. The fourth-order valence-corrected chi connectivity index (χ4v) is 3.77. The molecule has 1 N–H and O–H groups in total. The molecule has 0 unspecified atom stereocenters. The van der Waals surface area contributed by atoms with Crippen molar-refractivity contribution in [1.82, 2.24) is 9.78 Å². The summed E-state index contributed by atoms with van der Waals surface area (Å²) >= 11 is 5.35. The van der Waals surface area contributed by atoms with Gasteiger partial charge in [0, 0.05) is 16.6 Å². The minimum absolute atomic E-state index is 0.982. The van der Waals surface area contributed by atoms with Crippen molar-refractivity contribution in [2.75, 3.05) is 11.9 Å². The number of fused-ring (bicyclic) bond motifs is 1. The van der Waals surface area contributed by atoms with Crippen LogP contribution in [-0.2, 0) is 6.42 Å². The maximum Gasteiger partial charge on any atom is 0.133 e. The average molecular weight is 346 g/mol. The molecule has 0 saturated carbocycles. The molecule has 0 atom stereocenters. The normalized spacial score (nSPS) is 13.2. The van der Waals surface area contributed by atoms with Crippen molar-refractivity contribution in [3.05, 3.63) is 51.8 Å². The Morgan fingerprint density at radius 1 is 1.20 bits per heavy atom.